The molecule has 4 aromatic rings. The number of benzene rings is 1. The largest absolute Gasteiger partial charge is 0.303 e. The van der Waals surface area contributed by atoms with Gasteiger partial charge in [0, 0.05) is 12.4 Å². The van der Waals surface area contributed by atoms with Crippen molar-refractivity contribution in [1.82, 2.24) is 19.6 Å². The number of aryl methyl sites for hydroxylation is 1. The molecule has 3 aromatic heterocycles. The molecule has 0 atom stereocenters. The summed E-state index contributed by atoms with van der Waals surface area (Å²) >= 11 is 10.7. The van der Waals surface area contributed by atoms with Gasteiger partial charge in [-0.3, -0.25) is 14.2 Å². The van der Waals surface area contributed by atoms with Crippen LogP contribution in [0.3, 0.4) is 0 Å². The molecule has 1 amide bonds. The Morgan fingerprint density at radius 2 is 1.93 bits per heavy atom. The lowest BCUT2D eigenvalue weighted by molar-refractivity contribution is 0.103. The molecular formula is C20H17BrClN5OS. The molecule has 6 nitrogen and oxygen atoms in total. The van der Waals surface area contributed by atoms with Crippen molar-refractivity contribution in [2.75, 3.05) is 5.32 Å². The maximum Gasteiger partial charge on any atom is 0.266 e. The Morgan fingerprint density at radius 1 is 1.17 bits per heavy atom. The SMILES string of the molecule is Cc1ccc(Cn2cc(Br)c(NC(=O)c3cc(Cn4cc(Cl)cn4)cs3)n2)cc1. The molecule has 0 bridgehead atoms. The van der Waals surface area contributed by atoms with Crippen molar-refractivity contribution in [2.24, 2.45) is 0 Å². The number of carbonyl (C=O) groups is 1. The lowest BCUT2D eigenvalue weighted by Gasteiger charge is -2.03. The molecule has 0 fully saturated rings. The van der Waals surface area contributed by atoms with E-state index in [4.69, 9.17) is 11.6 Å². The minimum absolute atomic E-state index is 0.193. The zero-order valence-electron chi connectivity index (χ0n) is 15.5. The first-order valence-corrected chi connectivity index (χ1v) is 10.9. The number of nitrogens with zero attached hydrogens (tertiary/aromatic N) is 4. The van der Waals surface area contributed by atoms with E-state index in [-0.39, 0.29) is 5.91 Å². The molecule has 1 aromatic carbocycles. The van der Waals surface area contributed by atoms with Gasteiger partial charge in [0.2, 0.25) is 0 Å². The number of aromatic nitrogens is 4. The quantitative estimate of drug-likeness (QED) is 0.403. The van der Waals surface area contributed by atoms with Crippen molar-refractivity contribution in [3.05, 3.63) is 85.4 Å². The fourth-order valence-electron chi connectivity index (χ4n) is 2.80. The van der Waals surface area contributed by atoms with Gasteiger partial charge in [0.1, 0.15) is 0 Å². The predicted molar refractivity (Wildman–Crippen MR) is 119 cm³/mol. The molecule has 29 heavy (non-hydrogen) atoms. The summed E-state index contributed by atoms with van der Waals surface area (Å²) in [4.78, 5) is 13.2. The Bertz CT molecular complexity index is 1150. The van der Waals surface area contributed by atoms with Gasteiger partial charge in [-0.2, -0.15) is 10.2 Å². The van der Waals surface area contributed by atoms with Crippen molar-refractivity contribution >= 4 is 50.6 Å². The zero-order chi connectivity index (χ0) is 20.4. The highest BCUT2D eigenvalue weighted by atomic mass is 79.9. The van der Waals surface area contributed by atoms with Crippen molar-refractivity contribution < 1.29 is 4.79 Å². The van der Waals surface area contributed by atoms with Gasteiger partial charge < -0.3 is 5.32 Å². The number of rotatable bonds is 6. The van der Waals surface area contributed by atoms with E-state index in [0.29, 0.717) is 28.8 Å². The molecule has 9 heteroatoms. The highest BCUT2D eigenvalue weighted by Gasteiger charge is 2.14. The van der Waals surface area contributed by atoms with E-state index in [2.05, 4.69) is 62.6 Å². The molecule has 0 saturated carbocycles. The van der Waals surface area contributed by atoms with Gasteiger partial charge in [0.25, 0.3) is 5.91 Å². The molecule has 0 radical (unpaired) electrons. The third-order valence-electron chi connectivity index (χ3n) is 4.24. The molecular weight excluding hydrogens is 474 g/mol. The van der Waals surface area contributed by atoms with Gasteiger partial charge in [-0.25, -0.2) is 0 Å². The highest BCUT2D eigenvalue weighted by Crippen LogP contribution is 2.23. The third kappa shape index (κ3) is 4.95. The summed E-state index contributed by atoms with van der Waals surface area (Å²) in [5.74, 6) is 0.303. The van der Waals surface area contributed by atoms with E-state index in [1.165, 1.54) is 16.9 Å². The van der Waals surface area contributed by atoms with Crippen LogP contribution in [0, 0.1) is 6.92 Å². The minimum atomic E-state index is -0.193. The molecule has 1 N–H and O–H groups in total. The second-order valence-electron chi connectivity index (χ2n) is 6.64. The molecule has 0 aliphatic carbocycles. The van der Waals surface area contributed by atoms with Crippen LogP contribution in [0.5, 0.6) is 0 Å². The third-order valence-corrected chi connectivity index (χ3v) is 5.99. The fraction of sp³-hybridized carbons (Fsp3) is 0.150. The lowest BCUT2D eigenvalue weighted by atomic mass is 10.1. The number of hydrogen-bond acceptors (Lipinski definition) is 4. The van der Waals surface area contributed by atoms with E-state index in [0.717, 1.165) is 15.6 Å². The van der Waals surface area contributed by atoms with Crippen LogP contribution in [-0.2, 0) is 13.1 Å². The van der Waals surface area contributed by atoms with Crippen LogP contribution in [0.2, 0.25) is 5.02 Å². The Balaban J connectivity index is 1.42. The van der Waals surface area contributed by atoms with E-state index in [1.807, 2.05) is 17.6 Å². The first-order chi connectivity index (χ1) is 14.0. The summed E-state index contributed by atoms with van der Waals surface area (Å²) in [6.45, 7) is 3.25. The number of anilines is 1. The van der Waals surface area contributed by atoms with E-state index in [1.54, 1.807) is 21.8 Å². The summed E-state index contributed by atoms with van der Waals surface area (Å²) < 4.78 is 4.27. The molecule has 0 saturated heterocycles. The second kappa shape index (κ2) is 8.52. The number of hydrogen-bond donors (Lipinski definition) is 1. The Kier molecular flexibility index (Phi) is 5.84. The van der Waals surface area contributed by atoms with Gasteiger partial charge in [-0.05, 0) is 45.4 Å². The van der Waals surface area contributed by atoms with E-state index in [9.17, 15) is 4.79 Å². The maximum absolute atomic E-state index is 12.6. The Morgan fingerprint density at radius 3 is 2.66 bits per heavy atom. The number of thiophene rings is 1. The van der Waals surface area contributed by atoms with Gasteiger partial charge in [-0.1, -0.05) is 41.4 Å². The smallest absolute Gasteiger partial charge is 0.266 e. The van der Waals surface area contributed by atoms with Crippen LogP contribution in [0.1, 0.15) is 26.4 Å². The van der Waals surface area contributed by atoms with Crippen LogP contribution < -0.4 is 5.32 Å². The minimum Gasteiger partial charge on any atom is -0.303 e. The van der Waals surface area contributed by atoms with Crippen LogP contribution in [0.15, 0.2) is 58.8 Å². The summed E-state index contributed by atoms with van der Waals surface area (Å²) in [7, 11) is 0. The van der Waals surface area contributed by atoms with Crippen LogP contribution in [0.25, 0.3) is 0 Å². The summed E-state index contributed by atoms with van der Waals surface area (Å²) in [5, 5.41) is 14.0. The standard InChI is InChI=1S/C20H17BrClN5OS/c1-13-2-4-14(5-3-13)8-27-11-17(21)19(25-27)24-20(28)18-6-15(12-29-18)9-26-10-16(22)7-23-26/h2-7,10-12H,8-9H2,1H3,(H,24,25,28). The first kappa shape index (κ1) is 19.9. The summed E-state index contributed by atoms with van der Waals surface area (Å²) in [5.41, 5.74) is 3.35. The van der Waals surface area contributed by atoms with Crippen molar-refractivity contribution in [3.8, 4) is 0 Å². The number of nitrogens with one attached hydrogen (secondary N) is 1. The molecule has 0 aliphatic heterocycles. The first-order valence-electron chi connectivity index (χ1n) is 8.81. The maximum atomic E-state index is 12.6. The van der Waals surface area contributed by atoms with Crippen molar-refractivity contribution in [1.29, 1.82) is 0 Å². The lowest BCUT2D eigenvalue weighted by Crippen LogP contribution is -2.12. The molecule has 0 aliphatic rings. The normalized spacial score (nSPS) is 11.0. The number of halogens is 2. The molecule has 4 rings (SSSR count). The summed E-state index contributed by atoms with van der Waals surface area (Å²) in [6, 6.07) is 10.1. The molecule has 148 valence electrons. The average Bonchev–Trinajstić information content (AvgIpc) is 3.39. The van der Waals surface area contributed by atoms with Gasteiger partial charge in [0.15, 0.2) is 5.82 Å². The monoisotopic (exact) mass is 489 g/mol. The van der Waals surface area contributed by atoms with Crippen molar-refractivity contribution in [3.63, 3.8) is 0 Å². The van der Waals surface area contributed by atoms with Crippen LogP contribution >= 0.6 is 38.9 Å². The second-order valence-corrected chi connectivity index (χ2v) is 8.84. The van der Waals surface area contributed by atoms with Crippen LogP contribution in [0.4, 0.5) is 5.82 Å². The highest BCUT2D eigenvalue weighted by molar-refractivity contribution is 9.10. The molecule has 3 heterocycles. The fourth-order valence-corrected chi connectivity index (χ4v) is 4.17. The summed E-state index contributed by atoms with van der Waals surface area (Å²) in [6.07, 6.45) is 5.19. The zero-order valence-corrected chi connectivity index (χ0v) is 18.6. The molecule has 0 spiro atoms. The Labute approximate surface area is 185 Å². The van der Waals surface area contributed by atoms with Crippen LogP contribution in [-0.4, -0.2) is 25.5 Å². The number of carbonyl (C=O) groups excluding carboxylic acids is 1. The Hall–Kier alpha value is -2.42. The van der Waals surface area contributed by atoms with E-state index < -0.39 is 0 Å². The van der Waals surface area contributed by atoms with Gasteiger partial charge in [-0.15, -0.1) is 11.3 Å². The van der Waals surface area contributed by atoms with E-state index >= 15 is 0 Å². The van der Waals surface area contributed by atoms with Gasteiger partial charge in [0.05, 0.1) is 33.7 Å². The topological polar surface area (TPSA) is 64.7 Å². The average molecular weight is 491 g/mol. The molecule has 0 unspecified atom stereocenters. The van der Waals surface area contributed by atoms with Gasteiger partial charge >= 0.3 is 0 Å². The predicted octanol–water partition coefficient (Wildman–Crippen LogP) is 5.21. The number of amides is 1. The van der Waals surface area contributed by atoms with Crippen molar-refractivity contribution in [2.45, 2.75) is 20.0 Å².